The number of hydrogen-bond acceptors (Lipinski definition) is 4. The van der Waals surface area contributed by atoms with Gasteiger partial charge in [0.1, 0.15) is 12.1 Å². The number of rotatable bonds is 2. The Labute approximate surface area is 212 Å². The fourth-order valence-corrected chi connectivity index (χ4v) is 5.62. The molecule has 0 aliphatic carbocycles. The molecule has 0 amide bonds. The SMILES string of the molecule is c1ccc([C@@H]2c3c(ccc4ccccc34)Oc3ncn4nc(-c5cccc6ccccc56)nc4c32)cc1. The van der Waals surface area contributed by atoms with Crippen LogP contribution in [0.15, 0.2) is 116 Å². The highest BCUT2D eigenvalue weighted by atomic mass is 16.5. The highest BCUT2D eigenvalue weighted by Crippen LogP contribution is 2.50. The van der Waals surface area contributed by atoms with Gasteiger partial charge in [-0.3, -0.25) is 0 Å². The zero-order valence-electron chi connectivity index (χ0n) is 19.7. The second-order valence-corrected chi connectivity index (χ2v) is 9.34. The molecule has 0 unspecified atom stereocenters. The number of hydrogen-bond donors (Lipinski definition) is 0. The summed E-state index contributed by atoms with van der Waals surface area (Å²) in [7, 11) is 0. The van der Waals surface area contributed by atoms with Crippen LogP contribution in [-0.2, 0) is 0 Å². The van der Waals surface area contributed by atoms with Crippen LogP contribution in [0.1, 0.15) is 22.6 Å². The average molecular weight is 477 g/mol. The summed E-state index contributed by atoms with van der Waals surface area (Å²) < 4.78 is 8.22. The van der Waals surface area contributed by atoms with Gasteiger partial charge < -0.3 is 4.74 Å². The van der Waals surface area contributed by atoms with Gasteiger partial charge in [0.15, 0.2) is 11.5 Å². The lowest BCUT2D eigenvalue weighted by atomic mass is 9.81. The van der Waals surface area contributed by atoms with Crippen molar-refractivity contribution in [3.8, 4) is 23.0 Å². The lowest BCUT2D eigenvalue weighted by Crippen LogP contribution is -2.15. The molecule has 5 nitrogen and oxygen atoms in total. The van der Waals surface area contributed by atoms with Gasteiger partial charge in [-0.25, -0.2) is 14.5 Å². The van der Waals surface area contributed by atoms with Crippen molar-refractivity contribution in [3.05, 3.63) is 132 Å². The summed E-state index contributed by atoms with van der Waals surface area (Å²) in [6.07, 6.45) is 1.70. The van der Waals surface area contributed by atoms with E-state index in [0.717, 1.165) is 49.8 Å². The fraction of sp³-hybridized carbons (Fsp3) is 0.0312. The van der Waals surface area contributed by atoms with Crippen LogP contribution in [-0.4, -0.2) is 19.6 Å². The van der Waals surface area contributed by atoms with Gasteiger partial charge in [0, 0.05) is 17.0 Å². The molecule has 3 heterocycles. The largest absolute Gasteiger partial charge is 0.438 e. The van der Waals surface area contributed by atoms with Gasteiger partial charge >= 0.3 is 0 Å². The summed E-state index contributed by atoms with van der Waals surface area (Å²) in [6, 6.07) is 37.7. The number of fused-ring (bicyclic) bond motifs is 7. The molecule has 5 aromatic carbocycles. The van der Waals surface area contributed by atoms with E-state index >= 15 is 0 Å². The predicted octanol–water partition coefficient (Wildman–Crippen LogP) is 7.38. The molecule has 37 heavy (non-hydrogen) atoms. The number of benzene rings is 5. The second-order valence-electron chi connectivity index (χ2n) is 9.34. The van der Waals surface area contributed by atoms with E-state index in [2.05, 4.69) is 84.9 Å². The summed E-state index contributed by atoms with van der Waals surface area (Å²) in [5, 5.41) is 9.49. The molecule has 1 aliphatic rings. The Hall–Kier alpha value is -5.03. The zero-order chi connectivity index (χ0) is 24.3. The molecule has 8 rings (SSSR count). The van der Waals surface area contributed by atoms with Crippen molar-refractivity contribution in [2.45, 2.75) is 5.92 Å². The van der Waals surface area contributed by atoms with Crippen LogP contribution >= 0.6 is 0 Å². The van der Waals surface area contributed by atoms with Crippen LogP contribution in [0.2, 0.25) is 0 Å². The van der Waals surface area contributed by atoms with Crippen molar-refractivity contribution >= 4 is 27.2 Å². The van der Waals surface area contributed by atoms with Crippen molar-refractivity contribution in [3.63, 3.8) is 0 Å². The Kier molecular flexibility index (Phi) is 4.22. The lowest BCUT2D eigenvalue weighted by molar-refractivity contribution is 0.433. The summed E-state index contributed by atoms with van der Waals surface area (Å²) in [5.41, 5.74) is 4.96. The smallest absolute Gasteiger partial charge is 0.228 e. The van der Waals surface area contributed by atoms with Gasteiger partial charge in [0.2, 0.25) is 5.88 Å². The molecule has 0 fully saturated rings. The van der Waals surface area contributed by atoms with Gasteiger partial charge in [-0.05, 0) is 33.2 Å². The van der Waals surface area contributed by atoms with Crippen LogP contribution in [0, 0.1) is 0 Å². The Morgan fingerprint density at radius 1 is 0.649 bits per heavy atom. The maximum absolute atomic E-state index is 6.44. The maximum Gasteiger partial charge on any atom is 0.228 e. The van der Waals surface area contributed by atoms with Crippen LogP contribution in [0.4, 0.5) is 0 Å². The first-order chi connectivity index (χ1) is 18.3. The molecule has 174 valence electrons. The van der Waals surface area contributed by atoms with Gasteiger partial charge in [-0.2, -0.15) is 0 Å². The molecular formula is C32H20N4O. The first-order valence-electron chi connectivity index (χ1n) is 12.3. The monoisotopic (exact) mass is 476 g/mol. The molecule has 0 spiro atoms. The molecule has 0 bridgehead atoms. The molecule has 1 atom stereocenters. The summed E-state index contributed by atoms with van der Waals surface area (Å²) in [5.74, 6) is 1.96. The predicted molar refractivity (Wildman–Crippen MR) is 145 cm³/mol. The molecule has 0 N–H and O–H groups in total. The first kappa shape index (κ1) is 20.2. The quantitative estimate of drug-likeness (QED) is 0.261. The van der Waals surface area contributed by atoms with E-state index < -0.39 is 0 Å². The standard InChI is InChI=1S/C32H20N4O/c1-2-11-22(12-3-1)27-28-24-15-7-5-10-21(24)17-18-26(28)37-32-29(27)31-34-30(35-36(31)19-33-32)25-16-8-13-20-9-4-6-14-23(20)25/h1-19,27H/t27-/m1/s1. The third-order valence-corrected chi connectivity index (χ3v) is 7.27. The molecule has 7 aromatic rings. The number of ether oxygens (including phenoxy) is 1. The van der Waals surface area contributed by atoms with Gasteiger partial charge in [-0.1, -0.05) is 103 Å². The van der Waals surface area contributed by atoms with E-state index in [-0.39, 0.29) is 5.92 Å². The van der Waals surface area contributed by atoms with Crippen molar-refractivity contribution in [2.75, 3.05) is 0 Å². The first-order valence-corrected chi connectivity index (χ1v) is 12.3. The lowest BCUT2D eigenvalue weighted by Gasteiger charge is -2.29. The minimum absolute atomic E-state index is 0.105. The minimum atomic E-state index is -0.105. The Balaban J connectivity index is 1.43. The Bertz CT molecular complexity index is 1970. The third kappa shape index (κ3) is 3.01. The normalized spacial score (nSPS) is 14.4. The highest BCUT2D eigenvalue weighted by Gasteiger charge is 2.34. The van der Waals surface area contributed by atoms with E-state index in [4.69, 9.17) is 19.8 Å². The van der Waals surface area contributed by atoms with E-state index in [9.17, 15) is 0 Å². The Morgan fingerprint density at radius 3 is 2.24 bits per heavy atom. The van der Waals surface area contributed by atoms with Crippen LogP contribution in [0.5, 0.6) is 11.6 Å². The molecule has 2 aromatic heterocycles. The van der Waals surface area contributed by atoms with Gasteiger partial charge in [0.05, 0.1) is 5.56 Å². The van der Waals surface area contributed by atoms with E-state index in [0.29, 0.717) is 11.7 Å². The second kappa shape index (κ2) is 7.73. The van der Waals surface area contributed by atoms with Crippen LogP contribution in [0.3, 0.4) is 0 Å². The van der Waals surface area contributed by atoms with Crippen molar-refractivity contribution < 1.29 is 4.74 Å². The van der Waals surface area contributed by atoms with Gasteiger partial charge in [0.25, 0.3) is 0 Å². The zero-order valence-corrected chi connectivity index (χ0v) is 19.7. The molecular weight excluding hydrogens is 456 g/mol. The van der Waals surface area contributed by atoms with Crippen molar-refractivity contribution in [1.82, 2.24) is 19.6 Å². The topological polar surface area (TPSA) is 52.3 Å². The number of aromatic nitrogens is 4. The minimum Gasteiger partial charge on any atom is -0.438 e. The molecule has 0 saturated carbocycles. The summed E-state index contributed by atoms with van der Waals surface area (Å²) in [6.45, 7) is 0. The molecule has 1 aliphatic heterocycles. The Morgan fingerprint density at radius 2 is 1.38 bits per heavy atom. The summed E-state index contributed by atoms with van der Waals surface area (Å²) in [4.78, 5) is 9.82. The molecule has 0 saturated heterocycles. The van der Waals surface area contributed by atoms with Crippen LogP contribution < -0.4 is 4.74 Å². The van der Waals surface area contributed by atoms with Crippen molar-refractivity contribution in [1.29, 1.82) is 0 Å². The van der Waals surface area contributed by atoms with Crippen LogP contribution in [0.25, 0.3) is 38.6 Å². The fourth-order valence-electron chi connectivity index (χ4n) is 5.62. The highest BCUT2D eigenvalue weighted by molar-refractivity contribution is 5.95. The molecule has 0 radical (unpaired) electrons. The van der Waals surface area contributed by atoms with E-state index in [1.54, 1.807) is 10.8 Å². The van der Waals surface area contributed by atoms with Gasteiger partial charge in [-0.15, -0.1) is 5.10 Å². The maximum atomic E-state index is 6.44. The number of nitrogens with zero attached hydrogens (tertiary/aromatic N) is 4. The van der Waals surface area contributed by atoms with E-state index in [1.165, 1.54) is 5.39 Å². The molecule has 5 heteroatoms. The van der Waals surface area contributed by atoms with E-state index in [1.807, 2.05) is 24.3 Å². The third-order valence-electron chi connectivity index (χ3n) is 7.27. The summed E-state index contributed by atoms with van der Waals surface area (Å²) >= 11 is 0. The average Bonchev–Trinajstić information content (AvgIpc) is 3.40. The van der Waals surface area contributed by atoms with Crippen molar-refractivity contribution in [2.24, 2.45) is 0 Å².